The van der Waals surface area contributed by atoms with E-state index in [2.05, 4.69) is 5.10 Å². The van der Waals surface area contributed by atoms with Crippen molar-refractivity contribution in [3.05, 3.63) is 11.4 Å². The Hall–Kier alpha value is -1.56. The molecule has 0 saturated carbocycles. The van der Waals surface area contributed by atoms with Gasteiger partial charge < -0.3 is 15.7 Å². The summed E-state index contributed by atoms with van der Waals surface area (Å²) in [6.45, 7) is 2.47. The number of nitrogen functional groups attached to an aromatic ring is 1. The van der Waals surface area contributed by atoms with E-state index in [9.17, 15) is 9.90 Å². The molecule has 0 bridgehead atoms. The molecule has 3 N–H and O–H groups in total. The maximum atomic E-state index is 12.7. The molecule has 1 aromatic heterocycles. The van der Waals surface area contributed by atoms with Gasteiger partial charge in [0.2, 0.25) is 0 Å². The lowest BCUT2D eigenvalue weighted by atomic mass is 10.1. The predicted molar refractivity (Wildman–Crippen MR) is 72.7 cm³/mol. The Labute approximate surface area is 113 Å². The molecule has 106 valence electrons. The van der Waals surface area contributed by atoms with E-state index < -0.39 is 0 Å². The van der Waals surface area contributed by atoms with Gasteiger partial charge in [-0.1, -0.05) is 12.8 Å². The highest BCUT2D eigenvalue weighted by atomic mass is 16.3. The van der Waals surface area contributed by atoms with Crippen molar-refractivity contribution in [1.29, 1.82) is 0 Å². The van der Waals surface area contributed by atoms with Crippen LogP contribution in [0, 0.1) is 6.92 Å². The molecular weight excluding hydrogens is 244 g/mol. The van der Waals surface area contributed by atoms with Crippen LogP contribution in [0.4, 0.5) is 5.69 Å². The maximum Gasteiger partial charge on any atom is 0.274 e. The molecule has 19 heavy (non-hydrogen) atoms. The molecule has 1 unspecified atom stereocenters. The Morgan fingerprint density at radius 2 is 2.21 bits per heavy atom. The molecule has 0 spiro atoms. The molecule has 1 amide bonds. The average molecular weight is 266 g/mol. The van der Waals surface area contributed by atoms with Gasteiger partial charge in [-0.05, 0) is 19.8 Å². The van der Waals surface area contributed by atoms with Gasteiger partial charge >= 0.3 is 0 Å². The fourth-order valence-electron chi connectivity index (χ4n) is 2.70. The van der Waals surface area contributed by atoms with Crippen LogP contribution in [0.3, 0.4) is 0 Å². The van der Waals surface area contributed by atoms with Crippen molar-refractivity contribution in [3.63, 3.8) is 0 Å². The smallest absolute Gasteiger partial charge is 0.274 e. The summed E-state index contributed by atoms with van der Waals surface area (Å²) in [6.07, 6.45) is 3.97. The minimum atomic E-state index is -0.124. The van der Waals surface area contributed by atoms with Crippen molar-refractivity contribution < 1.29 is 9.90 Å². The highest BCUT2D eigenvalue weighted by molar-refractivity contribution is 5.98. The van der Waals surface area contributed by atoms with Crippen molar-refractivity contribution in [2.24, 2.45) is 7.05 Å². The second-order valence-electron chi connectivity index (χ2n) is 5.16. The molecule has 2 rings (SSSR count). The lowest BCUT2D eigenvalue weighted by molar-refractivity contribution is 0.0590. The first-order valence-electron chi connectivity index (χ1n) is 6.77. The molecule has 6 heteroatoms. The van der Waals surface area contributed by atoms with Crippen molar-refractivity contribution in [2.45, 2.75) is 38.6 Å². The summed E-state index contributed by atoms with van der Waals surface area (Å²) < 4.78 is 1.53. The number of anilines is 1. The topological polar surface area (TPSA) is 84.4 Å². The molecular formula is C13H22N4O2. The first kappa shape index (κ1) is 13.9. The number of hydrogen-bond donors (Lipinski definition) is 2. The second kappa shape index (κ2) is 5.61. The summed E-state index contributed by atoms with van der Waals surface area (Å²) in [5, 5.41) is 13.7. The number of carbonyl (C=O) groups excluding carboxylic acids is 1. The molecule has 2 heterocycles. The Morgan fingerprint density at radius 1 is 1.47 bits per heavy atom. The number of hydrogen-bond acceptors (Lipinski definition) is 4. The zero-order valence-corrected chi connectivity index (χ0v) is 11.6. The van der Waals surface area contributed by atoms with Crippen molar-refractivity contribution in [2.75, 3.05) is 18.9 Å². The van der Waals surface area contributed by atoms with E-state index >= 15 is 0 Å². The number of rotatable bonds is 2. The number of aliphatic hydroxyl groups is 1. The minimum absolute atomic E-state index is 0.00246. The summed E-state index contributed by atoms with van der Waals surface area (Å²) in [4.78, 5) is 14.4. The van der Waals surface area contributed by atoms with Crippen LogP contribution in [-0.4, -0.2) is 44.9 Å². The number of carbonyl (C=O) groups is 1. The average Bonchev–Trinajstić information content (AvgIpc) is 2.60. The zero-order chi connectivity index (χ0) is 14.0. The van der Waals surface area contributed by atoms with Crippen LogP contribution < -0.4 is 5.73 Å². The number of aromatic nitrogens is 2. The van der Waals surface area contributed by atoms with E-state index in [4.69, 9.17) is 5.73 Å². The fraction of sp³-hybridized carbons (Fsp3) is 0.692. The Bertz CT molecular complexity index is 469. The summed E-state index contributed by atoms with van der Waals surface area (Å²) in [6, 6.07) is -0.107. The molecule has 0 aliphatic carbocycles. The van der Waals surface area contributed by atoms with Crippen LogP contribution >= 0.6 is 0 Å². The van der Waals surface area contributed by atoms with Gasteiger partial charge in [-0.3, -0.25) is 9.48 Å². The van der Waals surface area contributed by atoms with Gasteiger partial charge in [0.1, 0.15) is 5.69 Å². The van der Waals surface area contributed by atoms with E-state index in [1.165, 1.54) is 4.68 Å². The summed E-state index contributed by atoms with van der Waals surface area (Å²) in [5.74, 6) is -0.124. The monoisotopic (exact) mass is 266 g/mol. The van der Waals surface area contributed by atoms with Crippen LogP contribution in [0.15, 0.2) is 0 Å². The molecule has 1 aliphatic heterocycles. The van der Waals surface area contributed by atoms with Crippen molar-refractivity contribution >= 4 is 11.6 Å². The molecule has 1 saturated heterocycles. The predicted octanol–water partition coefficient (Wildman–Crippen LogP) is 0.688. The summed E-state index contributed by atoms with van der Waals surface area (Å²) >= 11 is 0. The quantitative estimate of drug-likeness (QED) is 0.824. The number of nitrogens with two attached hydrogens (primary N) is 1. The van der Waals surface area contributed by atoms with Crippen molar-refractivity contribution in [1.82, 2.24) is 14.7 Å². The largest absolute Gasteiger partial charge is 0.395 e. The highest BCUT2D eigenvalue weighted by Gasteiger charge is 2.29. The number of nitrogens with zero attached hydrogens (tertiary/aromatic N) is 3. The zero-order valence-electron chi connectivity index (χ0n) is 11.6. The van der Waals surface area contributed by atoms with Gasteiger partial charge in [-0.15, -0.1) is 0 Å². The number of aryl methyl sites for hydroxylation is 2. The SMILES string of the molecule is Cc1nn(C)c(C(=O)N2CCCCCC2CO)c1N. The molecule has 1 atom stereocenters. The number of likely N-dealkylation sites (tertiary alicyclic amines) is 1. The van der Waals surface area contributed by atoms with Gasteiger partial charge in [0.25, 0.3) is 5.91 Å². The van der Waals surface area contributed by atoms with Gasteiger partial charge in [0.05, 0.1) is 24.0 Å². The third-order valence-corrected chi connectivity index (χ3v) is 3.82. The highest BCUT2D eigenvalue weighted by Crippen LogP contribution is 2.22. The van der Waals surface area contributed by atoms with Gasteiger partial charge in [0, 0.05) is 13.6 Å². The molecule has 1 fully saturated rings. The Morgan fingerprint density at radius 3 is 2.79 bits per heavy atom. The van der Waals surface area contributed by atoms with Crippen molar-refractivity contribution in [3.8, 4) is 0 Å². The van der Waals surface area contributed by atoms with Crippen LogP contribution in [-0.2, 0) is 7.05 Å². The second-order valence-corrected chi connectivity index (χ2v) is 5.16. The van der Waals surface area contributed by atoms with E-state index in [0.29, 0.717) is 23.6 Å². The van der Waals surface area contributed by atoms with Crippen LogP contribution in [0.5, 0.6) is 0 Å². The lowest BCUT2D eigenvalue weighted by Crippen LogP contribution is -2.43. The van der Waals surface area contributed by atoms with Crippen LogP contribution in [0.25, 0.3) is 0 Å². The third-order valence-electron chi connectivity index (χ3n) is 3.82. The minimum Gasteiger partial charge on any atom is -0.395 e. The maximum absolute atomic E-state index is 12.7. The molecule has 6 nitrogen and oxygen atoms in total. The Balaban J connectivity index is 2.30. The number of aliphatic hydroxyl groups excluding tert-OH is 1. The standard InChI is InChI=1S/C13H22N4O2/c1-9-11(14)12(16(2)15-9)13(19)17-7-5-3-4-6-10(17)8-18/h10,18H,3-8,14H2,1-2H3. The lowest BCUT2D eigenvalue weighted by Gasteiger charge is -2.28. The Kier molecular flexibility index (Phi) is 4.09. The van der Waals surface area contributed by atoms with E-state index in [-0.39, 0.29) is 18.6 Å². The van der Waals surface area contributed by atoms with Crippen LogP contribution in [0.2, 0.25) is 0 Å². The van der Waals surface area contributed by atoms with E-state index in [1.807, 2.05) is 0 Å². The van der Waals surface area contributed by atoms with E-state index in [1.54, 1.807) is 18.9 Å². The number of amides is 1. The molecule has 1 aliphatic rings. The fourth-order valence-corrected chi connectivity index (χ4v) is 2.70. The molecule has 0 aromatic carbocycles. The normalized spacial score (nSPS) is 20.4. The molecule has 0 radical (unpaired) electrons. The summed E-state index contributed by atoms with van der Waals surface area (Å²) in [5.41, 5.74) is 7.48. The third kappa shape index (κ3) is 2.58. The summed E-state index contributed by atoms with van der Waals surface area (Å²) in [7, 11) is 1.72. The van der Waals surface area contributed by atoms with E-state index in [0.717, 1.165) is 25.7 Å². The van der Waals surface area contributed by atoms with Crippen LogP contribution in [0.1, 0.15) is 41.9 Å². The van der Waals surface area contributed by atoms with Gasteiger partial charge in [0.15, 0.2) is 0 Å². The van der Waals surface area contributed by atoms with Gasteiger partial charge in [-0.25, -0.2) is 0 Å². The molecule has 1 aromatic rings. The van der Waals surface area contributed by atoms with Gasteiger partial charge in [-0.2, -0.15) is 5.10 Å². The first-order valence-corrected chi connectivity index (χ1v) is 6.77. The first-order chi connectivity index (χ1) is 9.06.